The second-order valence-corrected chi connectivity index (χ2v) is 4.26. The molecule has 0 bridgehead atoms. The van der Waals surface area contributed by atoms with Crippen LogP contribution in [0.5, 0.6) is 0 Å². The van der Waals surface area contributed by atoms with Crippen LogP contribution >= 0.6 is 0 Å². The van der Waals surface area contributed by atoms with Crippen molar-refractivity contribution in [3.63, 3.8) is 0 Å². The summed E-state index contributed by atoms with van der Waals surface area (Å²) in [5.41, 5.74) is 1.16. The molecule has 1 aliphatic rings. The molecule has 1 heterocycles. The molecule has 0 spiro atoms. The maximum absolute atomic E-state index is 9.20. The molecule has 3 heteroatoms. The van der Waals surface area contributed by atoms with E-state index in [1.54, 1.807) is 0 Å². The summed E-state index contributed by atoms with van der Waals surface area (Å²) in [6.07, 6.45) is 6.55. The first-order chi connectivity index (χ1) is 7.35. The van der Waals surface area contributed by atoms with Gasteiger partial charge in [-0.15, -0.1) is 0 Å². The van der Waals surface area contributed by atoms with Gasteiger partial charge in [-0.2, -0.15) is 0 Å². The summed E-state index contributed by atoms with van der Waals surface area (Å²) < 4.78 is 0. The Morgan fingerprint density at radius 1 is 1.53 bits per heavy atom. The predicted octanol–water partition coefficient (Wildman–Crippen LogP) is 2.23. The van der Waals surface area contributed by atoms with E-state index in [1.165, 1.54) is 19.3 Å². The van der Waals surface area contributed by atoms with Crippen LogP contribution in [0.1, 0.15) is 56.0 Å². The Balaban J connectivity index is 2.17. The van der Waals surface area contributed by atoms with Crippen LogP contribution in [0.15, 0.2) is 12.3 Å². The molecule has 1 atom stereocenters. The number of hydrogen-bond donors (Lipinski definition) is 1. The quantitative estimate of drug-likeness (QED) is 0.821. The van der Waals surface area contributed by atoms with E-state index in [1.807, 2.05) is 12.3 Å². The fourth-order valence-electron chi connectivity index (χ4n) is 1.91. The fraction of sp³-hybridized carbons (Fsp3) is 0.667. The molecule has 1 saturated carbocycles. The van der Waals surface area contributed by atoms with Gasteiger partial charge >= 0.3 is 0 Å². The summed E-state index contributed by atoms with van der Waals surface area (Å²) in [5, 5.41) is 9.20. The van der Waals surface area contributed by atoms with E-state index >= 15 is 0 Å². The molecule has 1 N–H and O–H groups in total. The summed E-state index contributed by atoms with van der Waals surface area (Å²) in [5.74, 6) is 1.55. The van der Waals surface area contributed by atoms with Gasteiger partial charge < -0.3 is 5.11 Å². The highest BCUT2D eigenvalue weighted by Crippen LogP contribution is 2.35. The van der Waals surface area contributed by atoms with E-state index in [-0.39, 0.29) is 12.5 Å². The van der Waals surface area contributed by atoms with Crippen molar-refractivity contribution in [1.29, 1.82) is 0 Å². The van der Waals surface area contributed by atoms with Crippen LogP contribution in [-0.4, -0.2) is 21.7 Å². The van der Waals surface area contributed by atoms with Crippen LogP contribution < -0.4 is 0 Å². The number of nitrogens with zero attached hydrogens (tertiary/aromatic N) is 2. The lowest BCUT2D eigenvalue weighted by Crippen LogP contribution is -2.14. The summed E-state index contributed by atoms with van der Waals surface area (Å²) >= 11 is 0. The number of rotatable bonds is 4. The van der Waals surface area contributed by atoms with E-state index in [0.29, 0.717) is 5.92 Å². The zero-order valence-electron chi connectivity index (χ0n) is 9.19. The maximum Gasteiger partial charge on any atom is 0.133 e. The van der Waals surface area contributed by atoms with Gasteiger partial charge in [0.25, 0.3) is 0 Å². The maximum atomic E-state index is 9.20. The van der Waals surface area contributed by atoms with Gasteiger partial charge in [-0.1, -0.05) is 13.3 Å². The molecular weight excluding hydrogens is 188 g/mol. The zero-order chi connectivity index (χ0) is 10.7. The fourth-order valence-corrected chi connectivity index (χ4v) is 1.91. The van der Waals surface area contributed by atoms with Crippen LogP contribution in [0.25, 0.3) is 0 Å². The second kappa shape index (κ2) is 4.71. The van der Waals surface area contributed by atoms with Crippen molar-refractivity contribution < 1.29 is 5.11 Å². The monoisotopic (exact) mass is 206 g/mol. The molecular formula is C12H18N2O. The molecule has 1 aromatic heterocycles. The minimum absolute atomic E-state index is 0.102. The Bertz CT molecular complexity index is 319. The van der Waals surface area contributed by atoms with Gasteiger partial charge in [0, 0.05) is 23.7 Å². The second-order valence-electron chi connectivity index (χ2n) is 4.26. The summed E-state index contributed by atoms with van der Waals surface area (Å²) in [6, 6.07) is 2.01. The Morgan fingerprint density at radius 3 is 2.87 bits per heavy atom. The third-order valence-electron chi connectivity index (χ3n) is 3.30. The zero-order valence-corrected chi connectivity index (χ0v) is 9.19. The van der Waals surface area contributed by atoms with Gasteiger partial charge in [0.2, 0.25) is 0 Å². The minimum atomic E-state index is 0.102. The molecule has 1 unspecified atom stereocenters. The number of aromatic nitrogens is 2. The lowest BCUT2D eigenvalue weighted by Gasteiger charge is -2.25. The van der Waals surface area contributed by atoms with Gasteiger partial charge in [0.05, 0.1) is 6.61 Å². The van der Waals surface area contributed by atoms with Crippen molar-refractivity contribution in [3.05, 3.63) is 23.8 Å². The SMILES string of the molecule is CCC(CO)c1nccc(C2CCC2)n1. The van der Waals surface area contributed by atoms with Crippen LogP contribution in [-0.2, 0) is 0 Å². The molecule has 15 heavy (non-hydrogen) atoms. The van der Waals surface area contributed by atoms with Crippen molar-refractivity contribution >= 4 is 0 Å². The lowest BCUT2D eigenvalue weighted by molar-refractivity contribution is 0.257. The van der Waals surface area contributed by atoms with Crippen molar-refractivity contribution in [1.82, 2.24) is 9.97 Å². The highest BCUT2D eigenvalue weighted by Gasteiger charge is 2.22. The van der Waals surface area contributed by atoms with Crippen molar-refractivity contribution in [2.45, 2.75) is 44.4 Å². The lowest BCUT2D eigenvalue weighted by atomic mass is 9.83. The van der Waals surface area contributed by atoms with Crippen LogP contribution in [0.3, 0.4) is 0 Å². The van der Waals surface area contributed by atoms with E-state index in [9.17, 15) is 5.11 Å². The summed E-state index contributed by atoms with van der Waals surface area (Å²) in [4.78, 5) is 8.82. The van der Waals surface area contributed by atoms with E-state index in [2.05, 4.69) is 16.9 Å². The van der Waals surface area contributed by atoms with E-state index in [0.717, 1.165) is 17.9 Å². The molecule has 82 valence electrons. The van der Waals surface area contributed by atoms with E-state index in [4.69, 9.17) is 0 Å². The van der Waals surface area contributed by atoms with Crippen LogP contribution in [0, 0.1) is 0 Å². The summed E-state index contributed by atoms with van der Waals surface area (Å²) in [6.45, 7) is 2.20. The molecule has 0 aromatic carbocycles. The molecule has 2 rings (SSSR count). The Labute approximate surface area is 90.6 Å². The topological polar surface area (TPSA) is 46.0 Å². The van der Waals surface area contributed by atoms with Gasteiger partial charge in [-0.25, -0.2) is 9.97 Å². The van der Waals surface area contributed by atoms with Crippen molar-refractivity contribution in [3.8, 4) is 0 Å². The molecule has 0 radical (unpaired) electrons. The molecule has 1 aliphatic carbocycles. The average Bonchev–Trinajstić information content (AvgIpc) is 2.18. The standard InChI is InChI=1S/C12H18N2O/c1-2-9(8-15)12-13-7-6-11(14-12)10-4-3-5-10/h6-7,9-10,15H,2-5,8H2,1H3. The summed E-state index contributed by atoms with van der Waals surface area (Å²) in [7, 11) is 0. The number of aliphatic hydroxyl groups excluding tert-OH is 1. The first-order valence-corrected chi connectivity index (χ1v) is 5.78. The van der Waals surface area contributed by atoms with E-state index < -0.39 is 0 Å². The molecule has 0 saturated heterocycles. The van der Waals surface area contributed by atoms with Crippen LogP contribution in [0.4, 0.5) is 0 Å². The third-order valence-corrected chi connectivity index (χ3v) is 3.30. The number of aliphatic hydroxyl groups is 1. The van der Waals surface area contributed by atoms with Crippen LogP contribution in [0.2, 0.25) is 0 Å². The average molecular weight is 206 g/mol. The Morgan fingerprint density at radius 2 is 2.33 bits per heavy atom. The van der Waals surface area contributed by atoms with Crippen molar-refractivity contribution in [2.75, 3.05) is 6.61 Å². The van der Waals surface area contributed by atoms with Gasteiger partial charge in [-0.05, 0) is 25.3 Å². The smallest absolute Gasteiger partial charge is 0.133 e. The molecule has 0 amide bonds. The molecule has 1 fully saturated rings. The van der Waals surface area contributed by atoms with Gasteiger partial charge in [0.1, 0.15) is 5.82 Å². The van der Waals surface area contributed by atoms with Crippen molar-refractivity contribution in [2.24, 2.45) is 0 Å². The highest BCUT2D eigenvalue weighted by molar-refractivity contribution is 5.12. The number of hydrogen-bond acceptors (Lipinski definition) is 3. The minimum Gasteiger partial charge on any atom is -0.396 e. The first-order valence-electron chi connectivity index (χ1n) is 5.78. The first kappa shape index (κ1) is 10.6. The largest absolute Gasteiger partial charge is 0.396 e. The third kappa shape index (κ3) is 2.17. The molecule has 1 aromatic rings. The Kier molecular flexibility index (Phi) is 3.31. The van der Waals surface area contributed by atoms with Gasteiger partial charge in [0.15, 0.2) is 0 Å². The molecule has 3 nitrogen and oxygen atoms in total. The predicted molar refractivity (Wildman–Crippen MR) is 58.7 cm³/mol. The molecule has 0 aliphatic heterocycles. The Hall–Kier alpha value is -0.960. The van der Waals surface area contributed by atoms with Gasteiger partial charge in [-0.3, -0.25) is 0 Å². The highest BCUT2D eigenvalue weighted by atomic mass is 16.3. The normalized spacial score (nSPS) is 18.5.